The lowest BCUT2D eigenvalue weighted by molar-refractivity contribution is -0.305. The third-order valence-electron chi connectivity index (χ3n) is 9.72. The first-order chi connectivity index (χ1) is 26.4. The summed E-state index contributed by atoms with van der Waals surface area (Å²) in [5.41, 5.74) is 0. The number of allylic oxidation sites excluding steroid dienone is 8. The van der Waals surface area contributed by atoms with E-state index >= 15 is 0 Å². The Morgan fingerprint density at radius 2 is 1.07 bits per heavy atom. The number of rotatable bonds is 36. The highest BCUT2D eigenvalue weighted by Gasteiger charge is 2.44. The van der Waals surface area contributed by atoms with Gasteiger partial charge in [0.1, 0.15) is 30.5 Å². The summed E-state index contributed by atoms with van der Waals surface area (Å²) in [4.78, 5) is 12.7. The van der Waals surface area contributed by atoms with Crippen molar-refractivity contribution in [3.05, 3.63) is 48.6 Å². The number of ether oxygens (including phenoxy) is 4. The summed E-state index contributed by atoms with van der Waals surface area (Å²) in [5, 5.41) is 40.1. The molecule has 1 heterocycles. The first kappa shape index (κ1) is 50.2. The van der Waals surface area contributed by atoms with Crippen LogP contribution in [0.15, 0.2) is 48.6 Å². The molecular formula is C45H80O9. The molecule has 9 nitrogen and oxygen atoms in total. The smallest absolute Gasteiger partial charge is 0.306 e. The van der Waals surface area contributed by atoms with E-state index < -0.39 is 43.4 Å². The number of hydrogen-bond donors (Lipinski definition) is 4. The molecule has 9 heteroatoms. The zero-order valence-electron chi connectivity index (χ0n) is 34.2. The van der Waals surface area contributed by atoms with E-state index in [1.54, 1.807) is 0 Å². The summed E-state index contributed by atoms with van der Waals surface area (Å²) in [7, 11) is 0. The number of hydrogen-bond acceptors (Lipinski definition) is 9. The first-order valence-electron chi connectivity index (χ1n) is 21.7. The van der Waals surface area contributed by atoms with Crippen molar-refractivity contribution >= 4 is 5.97 Å². The van der Waals surface area contributed by atoms with Crippen LogP contribution in [-0.2, 0) is 23.7 Å². The highest BCUT2D eigenvalue weighted by molar-refractivity contribution is 5.69. The molecule has 0 aromatic heterocycles. The Labute approximate surface area is 329 Å². The maximum atomic E-state index is 12.7. The third-order valence-corrected chi connectivity index (χ3v) is 9.72. The molecule has 0 radical (unpaired) electrons. The van der Waals surface area contributed by atoms with Gasteiger partial charge in [-0.3, -0.25) is 4.79 Å². The van der Waals surface area contributed by atoms with Crippen LogP contribution in [0.25, 0.3) is 0 Å². The molecule has 314 valence electrons. The summed E-state index contributed by atoms with van der Waals surface area (Å²) >= 11 is 0. The Morgan fingerprint density at radius 1 is 0.593 bits per heavy atom. The molecule has 1 aliphatic rings. The number of carbonyl (C=O) groups is 1. The maximum Gasteiger partial charge on any atom is 0.306 e. The number of aliphatic hydroxyl groups is 4. The van der Waals surface area contributed by atoms with Gasteiger partial charge >= 0.3 is 5.97 Å². The number of aliphatic hydroxyl groups excluding tert-OH is 4. The summed E-state index contributed by atoms with van der Waals surface area (Å²) in [6.45, 7) is 4.46. The van der Waals surface area contributed by atoms with Crippen molar-refractivity contribution in [2.24, 2.45) is 0 Å². The molecule has 54 heavy (non-hydrogen) atoms. The van der Waals surface area contributed by atoms with Gasteiger partial charge in [0.25, 0.3) is 0 Å². The van der Waals surface area contributed by atoms with Gasteiger partial charge in [0.15, 0.2) is 6.29 Å². The molecule has 1 aliphatic heterocycles. The zero-order valence-corrected chi connectivity index (χ0v) is 34.2. The lowest BCUT2D eigenvalue weighted by atomic mass is 9.99. The average Bonchev–Trinajstić information content (AvgIpc) is 3.17. The highest BCUT2D eigenvalue weighted by Crippen LogP contribution is 2.22. The Kier molecular flexibility index (Phi) is 34.2. The second kappa shape index (κ2) is 36.8. The van der Waals surface area contributed by atoms with Crippen LogP contribution < -0.4 is 0 Å². The first-order valence-corrected chi connectivity index (χ1v) is 21.7. The molecule has 6 unspecified atom stereocenters. The predicted octanol–water partition coefficient (Wildman–Crippen LogP) is 9.36. The molecule has 1 rings (SSSR count). The summed E-state index contributed by atoms with van der Waals surface area (Å²) in [6.07, 6.45) is 37.0. The Morgan fingerprint density at radius 3 is 1.59 bits per heavy atom. The third kappa shape index (κ3) is 27.7. The molecule has 0 aromatic rings. The van der Waals surface area contributed by atoms with Crippen molar-refractivity contribution in [2.45, 2.75) is 205 Å². The maximum absolute atomic E-state index is 12.7. The lowest BCUT2D eigenvalue weighted by Gasteiger charge is -2.39. The highest BCUT2D eigenvalue weighted by atomic mass is 16.7. The van der Waals surface area contributed by atoms with Crippen molar-refractivity contribution in [1.82, 2.24) is 0 Å². The fraction of sp³-hybridized carbons (Fsp3) is 0.800. The van der Waals surface area contributed by atoms with E-state index in [2.05, 4.69) is 62.5 Å². The standard InChI is InChI=1S/C45H80O9/c1-3-5-7-9-11-13-15-17-19-21-23-25-27-29-31-33-35-51-37-39(38-52-45-44(50)43(49)42(48)40(36-46)54-45)53-41(47)34-32-30-28-26-24-22-20-18-16-14-12-10-8-6-4-2/h11-14,17-20,39-40,42-46,48-50H,3-10,15-16,21-38H2,1-2H3/b13-11-,14-12-,19-17-,20-18-. The molecule has 0 saturated carbocycles. The van der Waals surface area contributed by atoms with Crippen LogP contribution in [0.4, 0.5) is 0 Å². The number of carbonyl (C=O) groups excluding carboxylic acids is 1. The Bertz CT molecular complexity index is 963. The number of unbranched alkanes of at least 4 members (excludes halogenated alkanes) is 17. The minimum Gasteiger partial charge on any atom is -0.457 e. The van der Waals surface area contributed by atoms with Gasteiger partial charge in [-0.2, -0.15) is 0 Å². The van der Waals surface area contributed by atoms with E-state index in [4.69, 9.17) is 18.9 Å². The zero-order chi connectivity index (χ0) is 39.3. The SMILES string of the molecule is CCCCC/C=C\C/C=C\CCCCCCCCOCC(COC1OC(CO)C(O)C(O)C1O)OC(=O)CCCCCCC/C=C\C/C=C\CCCCC. The molecular weight excluding hydrogens is 684 g/mol. The van der Waals surface area contributed by atoms with E-state index in [9.17, 15) is 25.2 Å². The lowest BCUT2D eigenvalue weighted by Crippen LogP contribution is -2.59. The van der Waals surface area contributed by atoms with Crippen LogP contribution in [0.5, 0.6) is 0 Å². The molecule has 1 saturated heterocycles. The van der Waals surface area contributed by atoms with Crippen molar-refractivity contribution in [3.63, 3.8) is 0 Å². The van der Waals surface area contributed by atoms with Crippen LogP contribution in [0, 0.1) is 0 Å². The largest absolute Gasteiger partial charge is 0.457 e. The van der Waals surface area contributed by atoms with Gasteiger partial charge < -0.3 is 39.4 Å². The fourth-order valence-electron chi connectivity index (χ4n) is 6.26. The Hall–Kier alpha value is -1.85. The quantitative estimate of drug-likeness (QED) is 0.0280. The molecule has 0 amide bonds. The van der Waals surface area contributed by atoms with Crippen LogP contribution in [0.3, 0.4) is 0 Å². The molecule has 1 fully saturated rings. The van der Waals surface area contributed by atoms with Gasteiger partial charge in [-0.1, -0.05) is 133 Å². The van der Waals surface area contributed by atoms with Crippen molar-refractivity contribution < 1.29 is 44.2 Å². The second-order valence-electron chi connectivity index (χ2n) is 14.8. The van der Waals surface area contributed by atoms with Crippen molar-refractivity contribution in [2.75, 3.05) is 26.4 Å². The van der Waals surface area contributed by atoms with Gasteiger partial charge in [-0.05, 0) is 77.0 Å². The minimum atomic E-state index is -1.54. The predicted molar refractivity (Wildman–Crippen MR) is 219 cm³/mol. The monoisotopic (exact) mass is 765 g/mol. The van der Waals surface area contributed by atoms with Crippen molar-refractivity contribution in [3.8, 4) is 0 Å². The fourth-order valence-corrected chi connectivity index (χ4v) is 6.26. The van der Waals surface area contributed by atoms with E-state index in [0.717, 1.165) is 77.0 Å². The molecule has 6 atom stereocenters. The normalized spacial score (nSPS) is 21.3. The minimum absolute atomic E-state index is 0.125. The molecule has 0 aromatic carbocycles. The summed E-state index contributed by atoms with van der Waals surface area (Å²) in [6, 6.07) is 0. The van der Waals surface area contributed by atoms with Crippen molar-refractivity contribution in [1.29, 1.82) is 0 Å². The van der Waals surface area contributed by atoms with E-state index in [1.165, 1.54) is 70.6 Å². The van der Waals surface area contributed by atoms with Gasteiger partial charge in [-0.15, -0.1) is 0 Å². The Balaban J connectivity index is 2.31. The summed E-state index contributed by atoms with van der Waals surface area (Å²) in [5.74, 6) is -0.333. The van der Waals surface area contributed by atoms with Gasteiger partial charge in [0.2, 0.25) is 0 Å². The summed E-state index contributed by atoms with van der Waals surface area (Å²) < 4.78 is 22.8. The van der Waals surface area contributed by atoms with E-state index in [0.29, 0.717) is 13.0 Å². The van der Waals surface area contributed by atoms with Crippen LogP contribution in [-0.4, -0.2) is 89.6 Å². The van der Waals surface area contributed by atoms with Gasteiger partial charge in [0, 0.05) is 13.0 Å². The number of esters is 1. The molecule has 0 bridgehead atoms. The molecule has 0 aliphatic carbocycles. The van der Waals surface area contributed by atoms with Crippen LogP contribution in [0.1, 0.15) is 168 Å². The second-order valence-corrected chi connectivity index (χ2v) is 14.8. The average molecular weight is 765 g/mol. The molecule has 0 spiro atoms. The van der Waals surface area contributed by atoms with Crippen LogP contribution in [0.2, 0.25) is 0 Å². The topological polar surface area (TPSA) is 135 Å². The molecule has 4 N–H and O–H groups in total. The van der Waals surface area contributed by atoms with Crippen LogP contribution >= 0.6 is 0 Å². The van der Waals surface area contributed by atoms with E-state index in [1.807, 2.05) is 0 Å². The van der Waals surface area contributed by atoms with E-state index in [-0.39, 0.29) is 19.2 Å². The van der Waals surface area contributed by atoms with Gasteiger partial charge in [-0.25, -0.2) is 0 Å². The van der Waals surface area contributed by atoms with Gasteiger partial charge in [0.05, 0.1) is 19.8 Å².